The third kappa shape index (κ3) is 3.98. The largest absolute Gasteiger partial charge is 0.326 e. The number of thioether (sulfide) groups is 1. The summed E-state index contributed by atoms with van der Waals surface area (Å²) in [5.74, 6) is 1.37. The summed E-state index contributed by atoms with van der Waals surface area (Å²) in [6.45, 7) is 1.76. The van der Waals surface area contributed by atoms with E-state index < -0.39 is 0 Å². The second-order valence-electron chi connectivity index (χ2n) is 6.86. The number of thiophene rings is 1. The highest BCUT2D eigenvalue weighted by molar-refractivity contribution is 7.98. The second kappa shape index (κ2) is 8.05. The zero-order valence-electron chi connectivity index (χ0n) is 15.4. The summed E-state index contributed by atoms with van der Waals surface area (Å²) >= 11 is 3.18. The van der Waals surface area contributed by atoms with E-state index in [-0.39, 0.29) is 17.3 Å². The number of nitrogens with zero attached hydrogens (tertiary/aromatic N) is 1. The molecule has 2 N–H and O–H groups in total. The minimum absolute atomic E-state index is 0.0514. The Morgan fingerprint density at radius 2 is 2.25 bits per heavy atom. The Morgan fingerprint density at radius 1 is 1.39 bits per heavy atom. The van der Waals surface area contributed by atoms with Crippen molar-refractivity contribution < 1.29 is 9.18 Å². The van der Waals surface area contributed by atoms with E-state index in [2.05, 4.69) is 15.3 Å². The van der Waals surface area contributed by atoms with Crippen LogP contribution in [0.5, 0.6) is 0 Å². The highest BCUT2D eigenvalue weighted by Gasteiger charge is 2.21. The summed E-state index contributed by atoms with van der Waals surface area (Å²) < 4.78 is 13.1. The average Bonchev–Trinajstić information content (AvgIpc) is 3.22. The van der Waals surface area contributed by atoms with Crippen molar-refractivity contribution in [1.82, 2.24) is 9.97 Å². The SMILES string of the molecule is Cc1cc(F)ccc1NC(=O)CCSCc1nc2sc3c(c2c(=O)[nH]1)CCC3. The van der Waals surface area contributed by atoms with Crippen LogP contribution in [0.2, 0.25) is 0 Å². The van der Waals surface area contributed by atoms with E-state index in [1.165, 1.54) is 22.6 Å². The lowest BCUT2D eigenvalue weighted by molar-refractivity contribution is -0.115. The molecule has 1 aliphatic rings. The first-order valence-electron chi connectivity index (χ1n) is 9.18. The minimum Gasteiger partial charge on any atom is -0.326 e. The molecule has 0 radical (unpaired) electrons. The van der Waals surface area contributed by atoms with Crippen LogP contribution in [-0.2, 0) is 23.4 Å². The maximum Gasteiger partial charge on any atom is 0.259 e. The molecule has 8 heteroatoms. The van der Waals surface area contributed by atoms with Crippen LogP contribution in [0.4, 0.5) is 10.1 Å². The Morgan fingerprint density at radius 3 is 3.07 bits per heavy atom. The van der Waals surface area contributed by atoms with Crippen LogP contribution in [0.3, 0.4) is 0 Å². The van der Waals surface area contributed by atoms with Gasteiger partial charge >= 0.3 is 0 Å². The first kappa shape index (κ1) is 19.1. The Balaban J connectivity index is 1.31. The van der Waals surface area contributed by atoms with Crippen LogP contribution in [0.1, 0.15) is 34.7 Å². The molecule has 0 aliphatic heterocycles. The first-order valence-corrected chi connectivity index (χ1v) is 11.2. The van der Waals surface area contributed by atoms with Gasteiger partial charge in [0.15, 0.2) is 0 Å². The maximum atomic E-state index is 13.1. The molecule has 5 nitrogen and oxygen atoms in total. The molecule has 28 heavy (non-hydrogen) atoms. The van der Waals surface area contributed by atoms with E-state index in [4.69, 9.17) is 0 Å². The Labute approximate surface area is 169 Å². The molecule has 0 spiro atoms. The van der Waals surface area contributed by atoms with Gasteiger partial charge in [0.1, 0.15) is 16.5 Å². The van der Waals surface area contributed by atoms with Gasteiger partial charge in [0.25, 0.3) is 5.56 Å². The molecule has 0 fully saturated rings. The van der Waals surface area contributed by atoms with E-state index in [0.717, 1.165) is 29.5 Å². The number of rotatable bonds is 6. The lowest BCUT2D eigenvalue weighted by Gasteiger charge is -2.08. The summed E-state index contributed by atoms with van der Waals surface area (Å²) in [6, 6.07) is 4.29. The molecular weight excluding hydrogens is 397 g/mol. The van der Waals surface area contributed by atoms with Crippen LogP contribution in [-0.4, -0.2) is 21.6 Å². The van der Waals surface area contributed by atoms with Crippen LogP contribution < -0.4 is 10.9 Å². The molecule has 0 saturated carbocycles. The highest BCUT2D eigenvalue weighted by Crippen LogP contribution is 2.34. The lowest BCUT2D eigenvalue weighted by atomic mass is 10.2. The maximum absolute atomic E-state index is 13.1. The van der Waals surface area contributed by atoms with Gasteiger partial charge in [-0.2, -0.15) is 11.8 Å². The predicted octanol–water partition coefficient (Wildman–Crippen LogP) is 4.18. The summed E-state index contributed by atoms with van der Waals surface area (Å²) in [5.41, 5.74) is 2.45. The number of nitrogens with one attached hydrogen (secondary N) is 2. The van der Waals surface area contributed by atoms with Gasteiger partial charge in [-0.25, -0.2) is 9.37 Å². The molecule has 146 valence electrons. The Hall–Kier alpha value is -2.19. The van der Waals surface area contributed by atoms with Crippen molar-refractivity contribution in [2.24, 2.45) is 0 Å². The second-order valence-corrected chi connectivity index (χ2v) is 9.05. The summed E-state index contributed by atoms with van der Waals surface area (Å²) in [5, 5.41) is 3.56. The number of amides is 1. The smallest absolute Gasteiger partial charge is 0.259 e. The van der Waals surface area contributed by atoms with E-state index >= 15 is 0 Å². The fraction of sp³-hybridized carbons (Fsp3) is 0.350. The first-order chi connectivity index (χ1) is 13.5. The number of aryl methyl sites for hydroxylation is 3. The van der Waals surface area contributed by atoms with Gasteiger partial charge in [0, 0.05) is 22.7 Å². The van der Waals surface area contributed by atoms with Gasteiger partial charge in [-0.05, 0) is 55.5 Å². The van der Waals surface area contributed by atoms with Crippen molar-refractivity contribution in [3.05, 3.63) is 56.2 Å². The number of benzene rings is 1. The fourth-order valence-corrected chi connectivity index (χ4v) is 5.51. The normalized spacial score (nSPS) is 13.1. The van der Waals surface area contributed by atoms with Crippen molar-refractivity contribution in [3.63, 3.8) is 0 Å². The molecule has 0 atom stereocenters. The number of carbonyl (C=O) groups is 1. The van der Waals surface area contributed by atoms with Gasteiger partial charge in [0.05, 0.1) is 11.1 Å². The number of hydrogen-bond donors (Lipinski definition) is 2. The molecule has 2 heterocycles. The summed E-state index contributed by atoms with van der Waals surface area (Å²) in [4.78, 5) is 34.1. The molecular formula is C20H20FN3O2S2. The number of anilines is 1. The van der Waals surface area contributed by atoms with E-state index in [1.807, 2.05) is 0 Å². The number of fused-ring (bicyclic) bond motifs is 3. The number of aromatic amines is 1. The van der Waals surface area contributed by atoms with Crippen LogP contribution >= 0.6 is 23.1 Å². The number of aromatic nitrogens is 2. The Kier molecular flexibility index (Phi) is 5.50. The molecule has 2 aromatic heterocycles. The van der Waals surface area contributed by atoms with E-state index in [9.17, 15) is 14.0 Å². The molecule has 4 rings (SSSR count). The highest BCUT2D eigenvalue weighted by atomic mass is 32.2. The standard InChI is InChI=1S/C20H20FN3O2S2/c1-11-9-12(21)5-6-14(11)22-17(25)7-8-27-10-16-23-19(26)18-13-3-2-4-15(13)28-20(18)24-16/h5-6,9H,2-4,7-8,10H2,1H3,(H,22,25)(H,23,24,26). The molecule has 0 bridgehead atoms. The zero-order chi connectivity index (χ0) is 19.7. The topological polar surface area (TPSA) is 74.8 Å². The Bertz CT molecular complexity index is 1110. The third-order valence-corrected chi connectivity index (χ3v) is 6.95. The third-order valence-electron chi connectivity index (χ3n) is 4.80. The van der Waals surface area contributed by atoms with Crippen molar-refractivity contribution >= 4 is 44.9 Å². The molecule has 1 amide bonds. The summed E-state index contributed by atoms with van der Waals surface area (Å²) in [7, 11) is 0. The van der Waals surface area contributed by atoms with Gasteiger partial charge in [-0.1, -0.05) is 0 Å². The summed E-state index contributed by atoms with van der Waals surface area (Å²) in [6.07, 6.45) is 3.47. The van der Waals surface area contributed by atoms with Gasteiger partial charge < -0.3 is 10.3 Å². The number of halogens is 1. The molecule has 3 aromatic rings. The molecule has 0 unspecified atom stereocenters. The van der Waals surface area contributed by atoms with Gasteiger partial charge in [-0.15, -0.1) is 11.3 Å². The van der Waals surface area contributed by atoms with Crippen molar-refractivity contribution in [3.8, 4) is 0 Å². The predicted molar refractivity (Wildman–Crippen MR) is 113 cm³/mol. The number of hydrogen-bond acceptors (Lipinski definition) is 5. The minimum atomic E-state index is -0.319. The molecule has 1 aromatic carbocycles. The monoisotopic (exact) mass is 417 g/mol. The van der Waals surface area contributed by atoms with Crippen LogP contribution in [0.15, 0.2) is 23.0 Å². The molecule has 0 saturated heterocycles. The lowest BCUT2D eigenvalue weighted by Crippen LogP contribution is -2.14. The van der Waals surface area contributed by atoms with E-state index in [0.29, 0.717) is 35.0 Å². The van der Waals surface area contributed by atoms with Gasteiger partial charge in [-0.3, -0.25) is 9.59 Å². The zero-order valence-corrected chi connectivity index (χ0v) is 17.1. The fourth-order valence-electron chi connectivity index (χ4n) is 3.43. The van der Waals surface area contributed by atoms with Crippen molar-refractivity contribution in [1.29, 1.82) is 0 Å². The van der Waals surface area contributed by atoms with Crippen molar-refractivity contribution in [2.45, 2.75) is 38.4 Å². The average molecular weight is 418 g/mol. The number of H-pyrrole nitrogens is 1. The van der Waals surface area contributed by atoms with Gasteiger partial charge in [0.2, 0.25) is 5.91 Å². The number of carbonyl (C=O) groups excluding carboxylic acids is 1. The van der Waals surface area contributed by atoms with Crippen LogP contribution in [0, 0.1) is 12.7 Å². The van der Waals surface area contributed by atoms with Crippen molar-refractivity contribution in [2.75, 3.05) is 11.1 Å². The quantitative estimate of drug-likeness (QED) is 0.590. The van der Waals surface area contributed by atoms with E-state index in [1.54, 1.807) is 36.1 Å². The molecule has 1 aliphatic carbocycles. The van der Waals surface area contributed by atoms with Crippen LogP contribution in [0.25, 0.3) is 10.2 Å².